The molecular weight excluding hydrogens is 272 g/mol. The van der Waals surface area contributed by atoms with Crippen molar-refractivity contribution in [1.29, 1.82) is 0 Å². The van der Waals surface area contributed by atoms with Gasteiger partial charge in [-0.25, -0.2) is 0 Å². The molecule has 1 aromatic heterocycles. The minimum atomic E-state index is 0.398. The number of aromatic nitrogens is 2. The van der Waals surface area contributed by atoms with Gasteiger partial charge in [-0.05, 0) is 43.4 Å². The minimum absolute atomic E-state index is 0.398. The monoisotopic (exact) mass is 284 g/mol. The lowest BCUT2D eigenvalue weighted by Gasteiger charge is -2.13. The van der Waals surface area contributed by atoms with Crippen molar-refractivity contribution in [2.75, 3.05) is 6.26 Å². The quantitative estimate of drug-likeness (QED) is 0.851. The number of nitrogens with zero attached hydrogens (tertiary/aromatic N) is 1. The van der Waals surface area contributed by atoms with Crippen LogP contribution in [0.5, 0.6) is 0 Å². The molecule has 0 unspecified atom stereocenters. The number of imidazole rings is 1. The van der Waals surface area contributed by atoms with Crippen molar-refractivity contribution in [2.24, 2.45) is 0 Å². The van der Waals surface area contributed by atoms with Crippen LogP contribution in [0.15, 0.2) is 18.2 Å². The molecule has 1 N–H and O–H groups in total. The summed E-state index contributed by atoms with van der Waals surface area (Å²) in [6, 6.07) is 5.94. The van der Waals surface area contributed by atoms with E-state index in [-0.39, 0.29) is 0 Å². The van der Waals surface area contributed by atoms with Crippen LogP contribution in [0.2, 0.25) is 5.02 Å². The van der Waals surface area contributed by atoms with Crippen LogP contribution in [0.25, 0.3) is 11.0 Å². The van der Waals surface area contributed by atoms with Gasteiger partial charge in [0.25, 0.3) is 0 Å². The van der Waals surface area contributed by atoms with E-state index in [1.165, 1.54) is 12.8 Å². The minimum Gasteiger partial charge on any atom is -0.329 e. The van der Waals surface area contributed by atoms with Crippen LogP contribution in [-0.4, -0.2) is 20.6 Å². The molecule has 0 saturated heterocycles. The highest BCUT2D eigenvalue weighted by Gasteiger charge is 2.42. The van der Waals surface area contributed by atoms with Gasteiger partial charge in [-0.3, -0.25) is 0 Å². The third-order valence-corrected chi connectivity index (χ3v) is 5.49. The van der Waals surface area contributed by atoms with Gasteiger partial charge in [-0.2, -0.15) is 11.8 Å². The van der Waals surface area contributed by atoms with Gasteiger partial charge < -0.3 is 9.55 Å². The Morgan fingerprint density at radius 1 is 1.53 bits per heavy atom. The molecule has 5 heteroatoms. The van der Waals surface area contributed by atoms with Gasteiger partial charge >= 0.3 is 0 Å². The second kappa shape index (κ2) is 4.04. The van der Waals surface area contributed by atoms with Gasteiger partial charge in [0.1, 0.15) is 0 Å². The van der Waals surface area contributed by atoms with E-state index in [0.717, 1.165) is 27.4 Å². The van der Waals surface area contributed by atoms with Gasteiger partial charge in [-0.15, -0.1) is 0 Å². The Kier molecular flexibility index (Phi) is 2.76. The van der Waals surface area contributed by atoms with Crippen LogP contribution in [0, 0.1) is 4.77 Å². The average Bonchev–Trinajstić information content (AvgIpc) is 3.02. The number of para-hydroxylation sites is 1. The molecule has 2 nitrogen and oxygen atoms in total. The molecule has 1 fully saturated rings. The maximum absolute atomic E-state index is 6.17. The second-order valence-electron chi connectivity index (χ2n) is 4.54. The summed E-state index contributed by atoms with van der Waals surface area (Å²) in [6.45, 7) is 0.980. The number of thioether (sulfide) groups is 1. The largest absolute Gasteiger partial charge is 0.329 e. The van der Waals surface area contributed by atoms with Gasteiger partial charge in [-0.1, -0.05) is 17.7 Å². The first-order valence-electron chi connectivity index (χ1n) is 5.57. The average molecular weight is 285 g/mol. The first-order valence-corrected chi connectivity index (χ1v) is 7.58. The van der Waals surface area contributed by atoms with Crippen LogP contribution in [0.1, 0.15) is 12.8 Å². The summed E-state index contributed by atoms with van der Waals surface area (Å²) in [6.07, 6.45) is 4.74. The van der Waals surface area contributed by atoms with E-state index in [4.69, 9.17) is 23.8 Å². The molecule has 0 atom stereocenters. The Labute approximate surface area is 114 Å². The van der Waals surface area contributed by atoms with E-state index in [1.807, 2.05) is 23.9 Å². The summed E-state index contributed by atoms with van der Waals surface area (Å²) in [4.78, 5) is 3.21. The number of benzene rings is 1. The zero-order valence-electron chi connectivity index (χ0n) is 9.50. The number of aromatic amines is 1. The molecule has 1 aliphatic carbocycles. The van der Waals surface area contributed by atoms with Gasteiger partial charge in [0, 0.05) is 11.3 Å². The number of hydrogen-bond donors (Lipinski definition) is 1. The first-order chi connectivity index (χ1) is 8.15. The fourth-order valence-electron chi connectivity index (χ4n) is 2.16. The van der Waals surface area contributed by atoms with E-state index >= 15 is 0 Å². The summed E-state index contributed by atoms with van der Waals surface area (Å²) >= 11 is 13.5. The number of nitrogens with one attached hydrogen (secondary N) is 1. The Balaban J connectivity index is 2.13. The molecule has 0 spiro atoms. The molecule has 1 aromatic carbocycles. The van der Waals surface area contributed by atoms with Crippen LogP contribution in [-0.2, 0) is 6.54 Å². The molecule has 90 valence electrons. The van der Waals surface area contributed by atoms with Crippen molar-refractivity contribution in [3.63, 3.8) is 0 Å². The highest BCUT2D eigenvalue weighted by atomic mass is 35.5. The van der Waals surface area contributed by atoms with E-state index in [1.54, 1.807) is 0 Å². The lowest BCUT2D eigenvalue weighted by molar-refractivity contribution is 0.670. The zero-order valence-corrected chi connectivity index (χ0v) is 11.9. The lowest BCUT2D eigenvalue weighted by Crippen LogP contribution is -2.13. The van der Waals surface area contributed by atoms with Crippen molar-refractivity contribution in [3.8, 4) is 0 Å². The summed E-state index contributed by atoms with van der Waals surface area (Å²) in [5.74, 6) is 0. The van der Waals surface area contributed by atoms with Gasteiger partial charge in [0.2, 0.25) is 0 Å². The van der Waals surface area contributed by atoms with Crippen LogP contribution < -0.4 is 0 Å². The topological polar surface area (TPSA) is 20.7 Å². The zero-order chi connectivity index (χ0) is 12.0. The highest BCUT2D eigenvalue weighted by molar-refractivity contribution is 8.00. The molecule has 0 radical (unpaired) electrons. The van der Waals surface area contributed by atoms with E-state index in [2.05, 4.69) is 21.9 Å². The molecule has 2 aromatic rings. The van der Waals surface area contributed by atoms with E-state index < -0.39 is 0 Å². The molecule has 17 heavy (non-hydrogen) atoms. The van der Waals surface area contributed by atoms with Gasteiger partial charge in [0.05, 0.1) is 16.1 Å². The number of fused-ring (bicyclic) bond motifs is 1. The Morgan fingerprint density at radius 2 is 2.29 bits per heavy atom. The molecular formula is C12H13ClN2S2. The number of H-pyrrole nitrogens is 1. The SMILES string of the molecule is CSC1(Cn2c(=S)[nH]c3c(Cl)cccc32)CC1. The van der Waals surface area contributed by atoms with Crippen LogP contribution in [0.3, 0.4) is 0 Å². The fraction of sp³-hybridized carbons (Fsp3) is 0.417. The summed E-state index contributed by atoms with van der Waals surface area (Å²) in [5.41, 5.74) is 2.07. The lowest BCUT2D eigenvalue weighted by atomic mass is 10.3. The maximum atomic E-state index is 6.17. The van der Waals surface area contributed by atoms with Crippen LogP contribution in [0.4, 0.5) is 0 Å². The Bertz CT molecular complexity index is 625. The maximum Gasteiger partial charge on any atom is 0.178 e. The summed E-state index contributed by atoms with van der Waals surface area (Å²) in [7, 11) is 0. The fourth-order valence-corrected chi connectivity index (χ4v) is 3.41. The molecule has 1 saturated carbocycles. The molecule has 0 bridgehead atoms. The van der Waals surface area contributed by atoms with Crippen molar-refractivity contribution in [2.45, 2.75) is 24.1 Å². The predicted molar refractivity (Wildman–Crippen MR) is 77.6 cm³/mol. The third kappa shape index (κ3) is 1.92. The van der Waals surface area contributed by atoms with Crippen LogP contribution >= 0.6 is 35.6 Å². The Hall–Kier alpha value is -0.450. The van der Waals surface area contributed by atoms with Crippen molar-refractivity contribution in [1.82, 2.24) is 9.55 Å². The molecule has 1 aliphatic rings. The van der Waals surface area contributed by atoms with Crippen molar-refractivity contribution >= 4 is 46.6 Å². The Morgan fingerprint density at radius 3 is 2.94 bits per heavy atom. The second-order valence-corrected chi connectivity index (χ2v) is 6.61. The summed E-state index contributed by atoms with van der Waals surface area (Å²) in [5, 5.41) is 0.737. The molecule has 3 rings (SSSR count). The number of rotatable bonds is 3. The van der Waals surface area contributed by atoms with Crippen molar-refractivity contribution in [3.05, 3.63) is 28.0 Å². The van der Waals surface area contributed by atoms with Crippen molar-refractivity contribution < 1.29 is 0 Å². The smallest absolute Gasteiger partial charge is 0.178 e. The van der Waals surface area contributed by atoms with E-state index in [9.17, 15) is 0 Å². The third-order valence-electron chi connectivity index (χ3n) is 3.45. The highest BCUT2D eigenvalue weighted by Crippen LogP contribution is 2.48. The van der Waals surface area contributed by atoms with Gasteiger partial charge in [0.15, 0.2) is 4.77 Å². The number of hydrogen-bond acceptors (Lipinski definition) is 2. The van der Waals surface area contributed by atoms with E-state index in [0.29, 0.717) is 4.75 Å². The predicted octanol–water partition coefficient (Wildman–Crippen LogP) is 4.25. The molecule has 0 aliphatic heterocycles. The molecule has 1 heterocycles. The summed E-state index contributed by atoms with van der Waals surface area (Å²) < 4.78 is 3.35. The standard InChI is InChI=1S/C12H13ClN2S2/c1-17-12(5-6-12)7-15-9-4-2-3-8(13)10(9)14-11(15)16/h2-4H,5-7H2,1H3,(H,14,16). The molecule has 0 amide bonds. The number of halogens is 1. The normalized spacial score (nSPS) is 17.5. The first kappa shape index (κ1) is 11.6.